The van der Waals surface area contributed by atoms with Crippen molar-refractivity contribution >= 4 is 19.4 Å². The molecule has 0 aliphatic carbocycles. The van der Waals surface area contributed by atoms with E-state index in [-0.39, 0.29) is 5.78 Å². The van der Waals surface area contributed by atoms with E-state index in [1.165, 1.54) is 14.2 Å². The second kappa shape index (κ2) is 13.6. The topological polar surface area (TPSA) is 130 Å². The predicted molar refractivity (Wildman–Crippen MR) is 151 cm³/mol. The molecule has 3 aromatic rings. The van der Waals surface area contributed by atoms with Gasteiger partial charge in [-0.2, -0.15) is 5.26 Å². The molecule has 3 aromatic carbocycles. The molecule has 1 aliphatic rings. The van der Waals surface area contributed by atoms with Crippen LogP contribution < -0.4 is 15.7 Å². The molecule has 0 saturated carbocycles. The molecule has 0 bridgehead atoms. The number of nitriles is 1. The van der Waals surface area contributed by atoms with Crippen LogP contribution in [0.5, 0.6) is 0 Å². The molecule has 1 aliphatic heterocycles. The molecule has 3 N–H and O–H groups in total. The third-order valence-corrected chi connectivity index (χ3v) is 8.61. The molecule has 1 heterocycles. The molecular weight excluding hydrogens is 527 g/mol. The Kier molecular flexibility index (Phi) is 9.99. The number of Topliss-reactive ketones (excluding diaryl/α,β-unsaturated/α-hetero) is 1. The van der Waals surface area contributed by atoms with Crippen molar-refractivity contribution in [1.29, 1.82) is 5.26 Å². The van der Waals surface area contributed by atoms with Crippen molar-refractivity contribution in [1.82, 2.24) is 15.7 Å². The highest BCUT2D eigenvalue weighted by molar-refractivity contribution is 7.51. The highest BCUT2D eigenvalue weighted by atomic mass is 31.2. The minimum atomic E-state index is -3.90. The van der Waals surface area contributed by atoms with Crippen molar-refractivity contribution in [2.45, 2.75) is 36.9 Å². The zero-order valence-corrected chi connectivity index (χ0v) is 23.3. The van der Waals surface area contributed by atoms with E-state index in [0.29, 0.717) is 24.1 Å². The smallest absolute Gasteiger partial charge is 0.341 e. The summed E-state index contributed by atoms with van der Waals surface area (Å²) in [6.07, 6.45) is 1.51. The number of nitrogens with zero attached hydrogens (tertiary/aromatic N) is 1. The van der Waals surface area contributed by atoms with Crippen LogP contribution in [0.15, 0.2) is 84.9 Å². The summed E-state index contributed by atoms with van der Waals surface area (Å²) in [5, 5.41) is 18.2. The Morgan fingerprint density at radius 2 is 1.50 bits per heavy atom. The van der Waals surface area contributed by atoms with Crippen molar-refractivity contribution in [2.75, 3.05) is 20.8 Å². The lowest BCUT2D eigenvalue weighted by atomic mass is 9.84. The van der Waals surface area contributed by atoms with Gasteiger partial charge in [-0.25, -0.2) is 9.65 Å². The molecule has 1 saturated heterocycles. The maximum absolute atomic E-state index is 14.2. The lowest BCUT2D eigenvalue weighted by Gasteiger charge is -2.32. The first-order chi connectivity index (χ1) is 19.4. The van der Waals surface area contributed by atoms with E-state index in [1.807, 2.05) is 60.7 Å². The molecule has 1 unspecified atom stereocenters. The minimum absolute atomic E-state index is 0.188. The summed E-state index contributed by atoms with van der Waals surface area (Å²) >= 11 is 0. The van der Waals surface area contributed by atoms with Crippen LogP contribution in [0.2, 0.25) is 0 Å². The van der Waals surface area contributed by atoms with Gasteiger partial charge in [0.25, 0.3) is 0 Å². The van der Waals surface area contributed by atoms with Crippen molar-refractivity contribution < 1.29 is 23.2 Å². The fourth-order valence-corrected chi connectivity index (χ4v) is 5.93. The highest BCUT2D eigenvalue weighted by Crippen LogP contribution is 2.44. The van der Waals surface area contributed by atoms with Crippen LogP contribution in [-0.2, 0) is 23.2 Å². The third-order valence-electron chi connectivity index (χ3n) is 7.06. The van der Waals surface area contributed by atoms with E-state index >= 15 is 0 Å². The van der Waals surface area contributed by atoms with Crippen molar-refractivity contribution in [3.8, 4) is 6.07 Å². The van der Waals surface area contributed by atoms with Crippen LogP contribution in [0.25, 0.3) is 0 Å². The minimum Gasteiger partial charge on any atom is -0.341 e. The lowest BCUT2D eigenvalue weighted by Crippen LogP contribution is -2.51. The number of benzene rings is 3. The second-order valence-corrected chi connectivity index (χ2v) is 11.5. The molecule has 1 fully saturated rings. The van der Waals surface area contributed by atoms with Crippen LogP contribution in [0, 0.1) is 11.3 Å². The van der Waals surface area contributed by atoms with E-state index in [4.69, 9.17) is 9.05 Å². The molecule has 208 valence electrons. The predicted octanol–water partition coefficient (Wildman–Crippen LogP) is 4.23. The van der Waals surface area contributed by atoms with Gasteiger partial charge >= 0.3 is 7.75 Å². The van der Waals surface area contributed by atoms with Crippen LogP contribution in [0.4, 0.5) is 0 Å². The summed E-state index contributed by atoms with van der Waals surface area (Å²) in [4.78, 5) is 27.9. The van der Waals surface area contributed by atoms with Crippen LogP contribution in [-0.4, -0.2) is 44.5 Å². The Balaban J connectivity index is 1.78. The molecule has 0 spiro atoms. The SMILES string of the molecule is COP(=O)(N[C@@H](C(=O)NC(C(=O)[C@@H]1CCCN1)c1ccc(C#N)cc1)C(c1ccccc1)c1ccccc1)OC. The molecule has 3 atom stereocenters. The van der Waals surface area contributed by atoms with Gasteiger partial charge in [0.2, 0.25) is 5.91 Å². The normalized spacial score (nSPS) is 16.7. The van der Waals surface area contributed by atoms with Crippen molar-refractivity contribution in [3.05, 3.63) is 107 Å². The number of amides is 1. The number of hydrogen-bond donors (Lipinski definition) is 3. The fraction of sp³-hybridized carbons (Fsp3) is 0.300. The standard InChI is InChI=1S/C30H33N4O5P/c1-38-40(37,39-2)34-28(26(22-10-5-3-6-11-22)23-12-7-4-8-13-23)30(36)33-27(29(35)25-14-9-19-32-25)24-17-15-21(20-31)16-18-24/h3-8,10-13,15-18,25-28,32H,9,14,19H2,1-2H3,(H,33,36)(H,34,37)/t25-,27?,28+/m0/s1. The van der Waals surface area contributed by atoms with E-state index in [9.17, 15) is 19.4 Å². The van der Waals surface area contributed by atoms with Crippen LogP contribution in [0.3, 0.4) is 0 Å². The maximum Gasteiger partial charge on any atom is 0.405 e. The molecule has 10 heteroatoms. The van der Waals surface area contributed by atoms with Gasteiger partial charge in [0.15, 0.2) is 5.78 Å². The third kappa shape index (κ3) is 6.92. The number of rotatable bonds is 12. The lowest BCUT2D eigenvalue weighted by molar-refractivity contribution is -0.130. The monoisotopic (exact) mass is 560 g/mol. The van der Waals surface area contributed by atoms with Crippen LogP contribution in [0.1, 0.15) is 47.1 Å². The van der Waals surface area contributed by atoms with Gasteiger partial charge in [-0.15, -0.1) is 0 Å². The number of carbonyl (C=O) groups excluding carboxylic acids is 2. The van der Waals surface area contributed by atoms with Crippen molar-refractivity contribution in [2.24, 2.45) is 0 Å². The Morgan fingerprint density at radius 1 is 0.925 bits per heavy atom. The van der Waals surface area contributed by atoms with Gasteiger partial charge < -0.3 is 19.7 Å². The molecule has 4 rings (SSSR count). The molecule has 1 amide bonds. The first kappa shape index (κ1) is 29.3. The van der Waals surface area contributed by atoms with E-state index in [0.717, 1.165) is 17.5 Å². The summed E-state index contributed by atoms with van der Waals surface area (Å²) in [6, 6.07) is 24.8. The van der Waals surface area contributed by atoms with E-state index in [1.54, 1.807) is 24.3 Å². The average molecular weight is 561 g/mol. The van der Waals surface area contributed by atoms with Gasteiger partial charge in [0.1, 0.15) is 12.1 Å². The Morgan fingerprint density at radius 3 is 1.98 bits per heavy atom. The average Bonchev–Trinajstić information content (AvgIpc) is 3.55. The molecule has 9 nitrogen and oxygen atoms in total. The zero-order valence-electron chi connectivity index (χ0n) is 22.4. The summed E-state index contributed by atoms with van der Waals surface area (Å²) in [5.74, 6) is -1.36. The molecule has 0 radical (unpaired) electrons. The Bertz CT molecular complexity index is 1330. The summed E-state index contributed by atoms with van der Waals surface area (Å²) in [7, 11) is -1.43. The summed E-state index contributed by atoms with van der Waals surface area (Å²) < 4.78 is 23.7. The van der Waals surface area contributed by atoms with Gasteiger partial charge in [-0.1, -0.05) is 72.8 Å². The first-order valence-electron chi connectivity index (χ1n) is 13.1. The first-order valence-corrected chi connectivity index (χ1v) is 14.6. The fourth-order valence-electron chi connectivity index (χ4n) is 4.96. The van der Waals surface area contributed by atoms with Crippen LogP contribution >= 0.6 is 7.75 Å². The van der Waals surface area contributed by atoms with Gasteiger partial charge in [-0.3, -0.25) is 9.59 Å². The number of nitrogens with one attached hydrogen (secondary N) is 3. The van der Waals surface area contributed by atoms with Gasteiger partial charge in [0, 0.05) is 20.1 Å². The molecular formula is C30H33N4O5P. The highest BCUT2D eigenvalue weighted by Gasteiger charge is 2.40. The summed E-state index contributed by atoms with van der Waals surface area (Å²) in [6.45, 7) is 0.712. The summed E-state index contributed by atoms with van der Waals surface area (Å²) in [5.41, 5.74) is 2.56. The van der Waals surface area contributed by atoms with E-state index in [2.05, 4.69) is 21.8 Å². The van der Waals surface area contributed by atoms with Gasteiger partial charge in [-0.05, 0) is 48.2 Å². The molecule has 0 aromatic heterocycles. The second-order valence-electron chi connectivity index (χ2n) is 9.50. The van der Waals surface area contributed by atoms with E-state index < -0.39 is 37.7 Å². The number of ketones is 1. The quantitative estimate of drug-likeness (QED) is 0.281. The maximum atomic E-state index is 14.2. The Hall–Kier alpha value is -3.64. The number of hydrogen-bond acceptors (Lipinski definition) is 7. The largest absolute Gasteiger partial charge is 0.405 e. The Labute approximate surface area is 234 Å². The van der Waals surface area contributed by atoms with Crippen molar-refractivity contribution in [3.63, 3.8) is 0 Å². The zero-order chi connectivity index (χ0) is 28.5. The van der Waals surface area contributed by atoms with Gasteiger partial charge in [0.05, 0.1) is 17.7 Å². The number of carbonyl (C=O) groups is 2. The molecule has 40 heavy (non-hydrogen) atoms.